The summed E-state index contributed by atoms with van der Waals surface area (Å²) >= 11 is 0. The number of hydrogen-bond acceptors (Lipinski definition) is 1. The quantitative estimate of drug-likeness (QED) is 0.676. The Hall–Kier alpha value is -1.11. The van der Waals surface area contributed by atoms with Crippen LogP contribution in [-0.2, 0) is 0 Å². The summed E-state index contributed by atoms with van der Waals surface area (Å²) in [5.41, 5.74) is 0.881. The Morgan fingerprint density at radius 2 is 1.83 bits per heavy atom. The maximum absolute atomic E-state index is 12.3. The maximum atomic E-state index is 12.3. The van der Waals surface area contributed by atoms with Crippen LogP contribution in [0.3, 0.4) is 0 Å². The molecular weight excluding hydrogens is 220 g/mol. The summed E-state index contributed by atoms with van der Waals surface area (Å²) in [4.78, 5) is 12.3. The van der Waals surface area contributed by atoms with E-state index in [0.29, 0.717) is 11.7 Å². The highest BCUT2D eigenvalue weighted by Crippen LogP contribution is 2.34. The van der Waals surface area contributed by atoms with Gasteiger partial charge in [-0.15, -0.1) is 0 Å². The molecule has 98 valence electrons. The Labute approximate surface area is 111 Å². The predicted molar refractivity (Wildman–Crippen MR) is 75.7 cm³/mol. The lowest BCUT2D eigenvalue weighted by Gasteiger charge is -2.29. The third kappa shape index (κ3) is 3.44. The molecule has 0 bridgehead atoms. The third-order valence-electron chi connectivity index (χ3n) is 4.38. The zero-order valence-electron chi connectivity index (χ0n) is 11.4. The molecule has 0 aromatic heterocycles. The summed E-state index contributed by atoms with van der Waals surface area (Å²) in [6.45, 7) is 2.23. The summed E-state index contributed by atoms with van der Waals surface area (Å²) in [7, 11) is 0. The minimum Gasteiger partial charge on any atom is -0.294 e. The summed E-state index contributed by atoms with van der Waals surface area (Å²) in [6, 6.07) is 9.75. The first-order valence-corrected chi connectivity index (χ1v) is 7.39. The second kappa shape index (κ2) is 6.72. The average Bonchev–Trinajstić information content (AvgIpc) is 2.46. The number of rotatable bonds is 5. The van der Waals surface area contributed by atoms with Gasteiger partial charge in [-0.05, 0) is 11.8 Å². The Kier molecular flexibility index (Phi) is 4.98. The molecule has 1 unspecified atom stereocenters. The van der Waals surface area contributed by atoms with Crippen molar-refractivity contribution in [2.24, 2.45) is 11.8 Å². The van der Waals surface area contributed by atoms with Gasteiger partial charge in [0, 0.05) is 12.0 Å². The van der Waals surface area contributed by atoms with E-state index < -0.39 is 0 Å². The summed E-state index contributed by atoms with van der Waals surface area (Å²) in [6.07, 6.45) is 8.66. The average molecular weight is 244 g/mol. The largest absolute Gasteiger partial charge is 0.294 e. The zero-order valence-corrected chi connectivity index (χ0v) is 11.4. The van der Waals surface area contributed by atoms with Gasteiger partial charge >= 0.3 is 0 Å². The van der Waals surface area contributed by atoms with Crippen molar-refractivity contribution >= 4 is 5.78 Å². The Morgan fingerprint density at radius 1 is 1.17 bits per heavy atom. The lowest BCUT2D eigenvalue weighted by Crippen LogP contribution is -2.20. The van der Waals surface area contributed by atoms with Crippen molar-refractivity contribution in [1.29, 1.82) is 0 Å². The minimum absolute atomic E-state index is 0.327. The minimum atomic E-state index is 0.327. The summed E-state index contributed by atoms with van der Waals surface area (Å²) < 4.78 is 0. The molecule has 18 heavy (non-hydrogen) atoms. The third-order valence-corrected chi connectivity index (χ3v) is 4.38. The molecule has 0 saturated heterocycles. The van der Waals surface area contributed by atoms with Crippen LogP contribution in [-0.4, -0.2) is 5.78 Å². The molecule has 0 spiro atoms. The number of carbonyl (C=O) groups is 1. The molecule has 0 radical (unpaired) electrons. The van der Waals surface area contributed by atoms with Gasteiger partial charge in [0.1, 0.15) is 0 Å². The molecule has 0 N–H and O–H groups in total. The first-order chi connectivity index (χ1) is 8.81. The van der Waals surface area contributed by atoms with Crippen LogP contribution >= 0.6 is 0 Å². The molecule has 1 fully saturated rings. The van der Waals surface area contributed by atoms with Crippen molar-refractivity contribution in [3.63, 3.8) is 0 Å². The van der Waals surface area contributed by atoms with E-state index in [1.807, 2.05) is 30.3 Å². The van der Waals surface area contributed by atoms with Gasteiger partial charge in [-0.2, -0.15) is 0 Å². The Balaban J connectivity index is 1.95. The van der Waals surface area contributed by atoms with E-state index in [9.17, 15) is 4.79 Å². The van der Waals surface area contributed by atoms with E-state index in [2.05, 4.69) is 6.92 Å². The lowest BCUT2D eigenvalue weighted by atomic mass is 9.76. The maximum Gasteiger partial charge on any atom is 0.163 e. The molecule has 1 aromatic rings. The molecular formula is C17H24O. The van der Waals surface area contributed by atoms with Crippen molar-refractivity contribution in [2.75, 3.05) is 0 Å². The van der Waals surface area contributed by atoms with E-state index in [0.717, 1.165) is 24.3 Å². The Morgan fingerprint density at radius 3 is 2.44 bits per heavy atom. The second-order valence-electron chi connectivity index (χ2n) is 5.56. The van der Waals surface area contributed by atoms with Gasteiger partial charge < -0.3 is 0 Å². The lowest BCUT2D eigenvalue weighted by molar-refractivity contribution is 0.0928. The number of carbonyl (C=O) groups excluding carboxylic acids is 1. The molecule has 0 amide bonds. The number of ketones is 1. The van der Waals surface area contributed by atoms with E-state index in [1.54, 1.807) is 0 Å². The number of hydrogen-bond donors (Lipinski definition) is 0. The van der Waals surface area contributed by atoms with E-state index in [1.165, 1.54) is 32.1 Å². The van der Waals surface area contributed by atoms with Crippen LogP contribution in [0.4, 0.5) is 0 Å². The van der Waals surface area contributed by atoms with Gasteiger partial charge in [0.15, 0.2) is 5.78 Å². The smallest absolute Gasteiger partial charge is 0.163 e. The van der Waals surface area contributed by atoms with Crippen molar-refractivity contribution in [3.8, 4) is 0 Å². The van der Waals surface area contributed by atoms with Gasteiger partial charge in [-0.25, -0.2) is 0 Å². The van der Waals surface area contributed by atoms with Crippen molar-refractivity contribution < 1.29 is 4.79 Å². The number of benzene rings is 1. The highest BCUT2D eigenvalue weighted by Gasteiger charge is 2.24. The van der Waals surface area contributed by atoms with Crippen molar-refractivity contribution in [3.05, 3.63) is 35.9 Å². The Bertz CT molecular complexity index is 362. The van der Waals surface area contributed by atoms with E-state index in [4.69, 9.17) is 0 Å². The highest BCUT2D eigenvalue weighted by atomic mass is 16.1. The van der Waals surface area contributed by atoms with E-state index >= 15 is 0 Å². The fourth-order valence-corrected chi connectivity index (χ4v) is 3.23. The van der Waals surface area contributed by atoms with Crippen LogP contribution in [0.2, 0.25) is 0 Å². The first-order valence-electron chi connectivity index (χ1n) is 7.39. The van der Waals surface area contributed by atoms with Crippen molar-refractivity contribution in [1.82, 2.24) is 0 Å². The molecule has 1 aliphatic carbocycles. The van der Waals surface area contributed by atoms with Crippen molar-refractivity contribution in [2.45, 2.75) is 51.9 Å². The van der Waals surface area contributed by atoms with Crippen LogP contribution in [0.5, 0.6) is 0 Å². The fourth-order valence-electron chi connectivity index (χ4n) is 3.23. The molecule has 1 nitrogen and oxygen atoms in total. The van der Waals surface area contributed by atoms with Gasteiger partial charge in [0.2, 0.25) is 0 Å². The zero-order chi connectivity index (χ0) is 12.8. The monoisotopic (exact) mass is 244 g/mol. The first kappa shape index (κ1) is 13.3. The normalized spacial score (nSPS) is 18.5. The van der Waals surface area contributed by atoms with E-state index in [-0.39, 0.29) is 0 Å². The van der Waals surface area contributed by atoms with Gasteiger partial charge in [-0.3, -0.25) is 4.79 Å². The van der Waals surface area contributed by atoms with Crippen LogP contribution in [0.25, 0.3) is 0 Å². The van der Waals surface area contributed by atoms with Gasteiger partial charge in [-0.1, -0.05) is 75.8 Å². The molecule has 0 heterocycles. The molecule has 1 aliphatic rings. The highest BCUT2D eigenvalue weighted by molar-refractivity contribution is 5.96. The van der Waals surface area contributed by atoms with Gasteiger partial charge in [0.05, 0.1) is 0 Å². The molecule has 1 atom stereocenters. The summed E-state index contributed by atoms with van der Waals surface area (Å²) in [5, 5.41) is 0. The topological polar surface area (TPSA) is 17.1 Å². The molecule has 1 saturated carbocycles. The van der Waals surface area contributed by atoms with Crippen LogP contribution in [0.1, 0.15) is 62.2 Å². The second-order valence-corrected chi connectivity index (χ2v) is 5.56. The number of Topliss-reactive ketones (excluding diaryl/α,β-unsaturated/α-hetero) is 1. The SMILES string of the molecule is CCC(CC(=O)c1ccccc1)C1CCCCC1. The molecule has 2 rings (SSSR count). The van der Waals surface area contributed by atoms with Crippen LogP contribution < -0.4 is 0 Å². The molecule has 1 aromatic carbocycles. The predicted octanol–water partition coefficient (Wildman–Crippen LogP) is 4.87. The fraction of sp³-hybridized carbons (Fsp3) is 0.588. The summed E-state index contributed by atoms with van der Waals surface area (Å²) in [5.74, 6) is 1.71. The van der Waals surface area contributed by atoms with Gasteiger partial charge in [0.25, 0.3) is 0 Å². The molecule has 0 aliphatic heterocycles. The molecule has 1 heteroatoms. The standard InChI is InChI=1S/C17H24O/c1-2-14(15-9-5-3-6-10-15)13-17(18)16-11-7-4-8-12-16/h4,7-8,11-12,14-15H,2-3,5-6,9-10,13H2,1H3. The van der Waals surface area contributed by atoms with Crippen LogP contribution in [0, 0.1) is 11.8 Å². The van der Waals surface area contributed by atoms with Crippen LogP contribution in [0.15, 0.2) is 30.3 Å².